The van der Waals surface area contributed by atoms with Crippen LogP contribution in [-0.4, -0.2) is 16.9 Å². The van der Waals surface area contributed by atoms with E-state index >= 15 is 0 Å². The summed E-state index contributed by atoms with van der Waals surface area (Å²) in [5, 5.41) is 0. The third-order valence-corrected chi connectivity index (χ3v) is 1.92. The standard InChI is InChI=1S/C11H14N2O3/c1-2-3-6-10(14)16-13-11(15)9-5-4-7-12-8-9/h4-5,7-8H,2-3,6H2,1H3,(H,13,15). The number of nitrogens with zero attached hydrogens (tertiary/aromatic N) is 1. The number of hydroxylamine groups is 1. The molecule has 0 saturated carbocycles. The predicted molar refractivity (Wildman–Crippen MR) is 57.3 cm³/mol. The van der Waals surface area contributed by atoms with Gasteiger partial charge in [0, 0.05) is 18.8 Å². The van der Waals surface area contributed by atoms with Crippen LogP contribution in [0.5, 0.6) is 0 Å². The van der Waals surface area contributed by atoms with Gasteiger partial charge in [0.1, 0.15) is 0 Å². The molecule has 0 bridgehead atoms. The van der Waals surface area contributed by atoms with Gasteiger partial charge in [-0.2, -0.15) is 5.48 Å². The molecule has 5 heteroatoms. The molecule has 0 atom stereocenters. The average molecular weight is 222 g/mol. The molecule has 1 aromatic rings. The molecule has 0 spiro atoms. The molecule has 1 amide bonds. The summed E-state index contributed by atoms with van der Waals surface area (Å²) in [6.07, 6.45) is 4.93. The first-order valence-electron chi connectivity index (χ1n) is 5.14. The first kappa shape index (κ1) is 12.2. The number of hydrogen-bond acceptors (Lipinski definition) is 4. The minimum Gasteiger partial charge on any atom is -0.341 e. The van der Waals surface area contributed by atoms with Crippen molar-refractivity contribution in [1.82, 2.24) is 10.5 Å². The SMILES string of the molecule is CCCCC(=O)ONC(=O)c1cccnc1. The van der Waals surface area contributed by atoms with Crippen molar-refractivity contribution in [2.45, 2.75) is 26.2 Å². The van der Waals surface area contributed by atoms with Crippen LogP contribution in [0.3, 0.4) is 0 Å². The van der Waals surface area contributed by atoms with Gasteiger partial charge in [-0.3, -0.25) is 9.78 Å². The molecule has 0 aliphatic carbocycles. The molecule has 0 unspecified atom stereocenters. The largest absolute Gasteiger partial charge is 0.341 e. The fraction of sp³-hybridized carbons (Fsp3) is 0.364. The molecule has 16 heavy (non-hydrogen) atoms. The van der Waals surface area contributed by atoms with Gasteiger partial charge in [0.25, 0.3) is 5.91 Å². The Bertz CT molecular complexity index is 352. The van der Waals surface area contributed by atoms with Crippen LogP contribution in [0.15, 0.2) is 24.5 Å². The van der Waals surface area contributed by atoms with Gasteiger partial charge in [-0.15, -0.1) is 0 Å². The van der Waals surface area contributed by atoms with Crippen LogP contribution in [0, 0.1) is 0 Å². The fourth-order valence-corrected chi connectivity index (χ4v) is 1.03. The number of nitrogens with one attached hydrogen (secondary N) is 1. The summed E-state index contributed by atoms with van der Waals surface area (Å²) in [5.74, 6) is -0.906. The molecule has 0 aromatic carbocycles. The van der Waals surface area contributed by atoms with Gasteiger partial charge < -0.3 is 4.84 Å². The van der Waals surface area contributed by atoms with E-state index in [0.717, 1.165) is 12.8 Å². The van der Waals surface area contributed by atoms with E-state index in [2.05, 4.69) is 15.3 Å². The second-order valence-corrected chi connectivity index (χ2v) is 3.25. The van der Waals surface area contributed by atoms with E-state index in [1.165, 1.54) is 6.20 Å². The zero-order valence-corrected chi connectivity index (χ0v) is 9.10. The normalized spacial score (nSPS) is 9.56. The number of rotatable bonds is 4. The van der Waals surface area contributed by atoms with Crippen LogP contribution >= 0.6 is 0 Å². The second-order valence-electron chi connectivity index (χ2n) is 3.25. The number of aromatic nitrogens is 1. The quantitative estimate of drug-likeness (QED) is 0.783. The molecule has 0 aliphatic rings. The summed E-state index contributed by atoms with van der Waals surface area (Å²) >= 11 is 0. The monoisotopic (exact) mass is 222 g/mol. The van der Waals surface area contributed by atoms with Gasteiger partial charge in [0.05, 0.1) is 5.56 Å². The van der Waals surface area contributed by atoms with E-state index in [1.54, 1.807) is 18.3 Å². The van der Waals surface area contributed by atoms with E-state index in [1.807, 2.05) is 6.92 Å². The third kappa shape index (κ3) is 4.08. The van der Waals surface area contributed by atoms with Crippen LogP contribution in [0.25, 0.3) is 0 Å². The van der Waals surface area contributed by atoms with E-state index in [0.29, 0.717) is 12.0 Å². The van der Waals surface area contributed by atoms with Gasteiger partial charge in [0.15, 0.2) is 0 Å². The lowest BCUT2D eigenvalue weighted by Gasteiger charge is -2.04. The Balaban J connectivity index is 2.33. The molecule has 1 N–H and O–H groups in total. The van der Waals surface area contributed by atoms with Crippen LogP contribution in [-0.2, 0) is 9.63 Å². The van der Waals surface area contributed by atoms with Gasteiger partial charge in [-0.1, -0.05) is 13.3 Å². The number of amides is 1. The summed E-state index contributed by atoms with van der Waals surface area (Å²) in [5.41, 5.74) is 2.43. The highest BCUT2D eigenvalue weighted by atomic mass is 16.7. The number of carbonyl (C=O) groups excluding carboxylic acids is 2. The third-order valence-electron chi connectivity index (χ3n) is 1.92. The highest BCUT2D eigenvalue weighted by Gasteiger charge is 2.08. The van der Waals surface area contributed by atoms with Crippen molar-refractivity contribution in [2.24, 2.45) is 0 Å². The van der Waals surface area contributed by atoms with Crippen molar-refractivity contribution in [3.8, 4) is 0 Å². The van der Waals surface area contributed by atoms with Crippen LogP contribution in [0.4, 0.5) is 0 Å². The highest BCUT2D eigenvalue weighted by molar-refractivity contribution is 5.93. The van der Waals surface area contributed by atoms with Gasteiger partial charge in [0.2, 0.25) is 0 Å². The van der Waals surface area contributed by atoms with Crippen molar-refractivity contribution < 1.29 is 14.4 Å². The highest BCUT2D eigenvalue weighted by Crippen LogP contribution is 1.97. The molecule has 0 radical (unpaired) electrons. The summed E-state index contributed by atoms with van der Waals surface area (Å²) < 4.78 is 0. The molecular weight excluding hydrogens is 208 g/mol. The minimum atomic E-state index is -0.474. The van der Waals surface area contributed by atoms with Crippen molar-refractivity contribution in [3.05, 3.63) is 30.1 Å². The zero-order chi connectivity index (χ0) is 11.8. The lowest BCUT2D eigenvalue weighted by molar-refractivity contribution is -0.149. The Labute approximate surface area is 93.8 Å². The summed E-state index contributed by atoms with van der Waals surface area (Å²) in [4.78, 5) is 30.9. The zero-order valence-electron chi connectivity index (χ0n) is 9.10. The molecule has 0 saturated heterocycles. The topological polar surface area (TPSA) is 68.3 Å². The number of carbonyl (C=O) groups is 2. The van der Waals surface area contributed by atoms with Gasteiger partial charge >= 0.3 is 5.97 Å². The maximum absolute atomic E-state index is 11.4. The number of hydrogen-bond donors (Lipinski definition) is 1. The van der Waals surface area contributed by atoms with Gasteiger partial charge in [-0.05, 0) is 18.6 Å². The maximum Gasteiger partial charge on any atom is 0.332 e. The number of unbranched alkanes of at least 4 members (excludes halogenated alkanes) is 1. The molecule has 0 aliphatic heterocycles. The Morgan fingerprint density at radius 3 is 2.94 bits per heavy atom. The van der Waals surface area contributed by atoms with E-state index in [-0.39, 0.29) is 0 Å². The van der Waals surface area contributed by atoms with E-state index in [9.17, 15) is 9.59 Å². The Morgan fingerprint density at radius 1 is 1.50 bits per heavy atom. The second kappa shape index (κ2) is 6.55. The summed E-state index contributed by atoms with van der Waals surface area (Å²) in [6, 6.07) is 3.22. The van der Waals surface area contributed by atoms with E-state index in [4.69, 9.17) is 0 Å². The van der Waals surface area contributed by atoms with Crippen molar-refractivity contribution in [1.29, 1.82) is 0 Å². The molecule has 0 fully saturated rings. The first-order valence-corrected chi connectivity index (χ1v) is 5.14. The molecular formula is C11H14N2O3. The lowest BCUT2D eigenvalue weighted by atomic mass is 10.2. The smallest absolute Gasteiger partial charge is 0.332 e. The van der Waals surface area contributed by atoms with Gasteiger partial charge in [-0.25, -0.2) is 4.79 Å². The van der Waals surface area contributed by atoms with Crippen LogP contribution in [0.1, 0.15) is 36.5 Å². The summed E-state index contributed by atoms with van der Waals surface area (Å²) in [6.45, 7) is 1.97. The molecule has 86 valence electrons. The maximum atomic E-state index is 11.4. The molecule has 1 aromatic heterocycles. The first-order chi connectivity index (χ1) is 7.74. The predicted octanol–water partition coefficient (Wildman–Crippen LogP) is 1.46. The Hall–Kier alpha value is -1.91. The van der Waals surface area contributed by atoms with Crippen molar-refractivity contribution in [2.75, 3.05) is 0 Å². The minimum absolute atomic E-state index is 0.309. The molecule has 1 heterocycles. The molecule has 5 nitrogen and oxygen atoms in total. The average Bonchev–Trinajstić information content (AvgIpc) is 2.34. The Morgan fingerprint density at radius 2 is 2.31 bits per heavy atom. The van der Waals surface area contributed by atoms with Crippen LogP contribution in [0.2, 0.25) is 0 Å². The van der Waals surface area contributed by atoms with Crippen molar-refractivity contribution in [3.63, 3.8) is 0 Å². The van der Waals surface area contributed by atoms with Crippen LogP contribution < -0.4 is 5.48 Å². The van der Waals surface area contributed by atoms with Crippen molar-refractivity contribution >= 4 is 11.9 Å². The number of pyridine rings is 1. The Kier molecular flexibility index (Phi) is 4.98. The molecule has 1 rings (SSSR count). The fourth-order valence-electron chi connectivity index (χ4n) is 1.03. The summed E-state index contributed by atoms with van der Waals surface area (Å²) in [7, 11) is 0. The van der Waals surface area contributed by atoms with E-state index < -0.39 is 11.9 Å². The lowest BCUT2D eigenvalue weighted by Crippen LogP contribution is -2.27.